The van der Waals surface area contributed by atoms with Crippen molar-refractivity contribution >= 4 is 40.3 Å². The standard InChI is InChI=1S/C19H16IN3O4/c1-22(2)19(24)15(11-21)9-14-5-8-18(17(20)10-14)27-12-13-3-6-16(7-4-13)23(25)26/h3-10H,12H2,1-2H3/b15-9-. The van der Waals surface area contributed by atoms with Gasteiger partial charge in [-0.1, -0.05) is 6.07 Å². The maximum absolute atomic E-state index is 11.9. The number of halogens is 1. The molecular weight excluding hydrogens is 461 g/mol. The Morgan fingerprint density at radius 1 is 1.30 bits per heavy atom. The lowest BCUT2D eigenvalue weighted by Gasteiger charge is -2.10. The van der Waals surface area contributed by atoms with Crippen LogP contribution in [0.15, 0.2) is 48.0 Å². The molecule has 2 rings (SSSR count). The Balaban J connectivity index is 2.11. The summed E-state index contributed by atoms with van der Waals surface area (Å²) in [6.45, 7) is 0.270. The van der Waals surface area contributed by atoms with E-state index in [1.807, 2.05) is 12.1 Å². The van der Waals surface area contributed by atoms with Crippen molar-refractivity contribution in [3.63, 3.8) is 0 Å². The third-order valence-electron chi connectivity index (χ3n) is 3.57. The molecular formula is C19H16IN3O4. The molecule has 0 fully saturated rings. The number of nitro benzene ring substituents is 1. The van der Waals surface area contributed by atoms with E-state index in [2.05, 4.69) is 22.6 Å². The minimum atomic E-state index is -0.448. The predicted molar refractivity (Wildman–Crippen MR) is 109 cm³/mol. The number of nitriles is 1. The molecule has 7 nitrogen and oxygen atoms in total. The molecule has 0 aliphatic heterocycles. The highest BCUT2D eigenvalue weighted by Gasteiger charge is 2.12. The van der Waals surface area contributed by atoms with Gasteiger partial charge in [0, 0.05) is 26.2 Å². The van der Waals surface area contributed by atoms with E-state index in [0.717, 1.165) is 9.13 Å². The number of amides is 1. The molecule has 0 atom stereocenters. The number of benzene rings is 2. The van der Waals surface area contributed by atoms with Gasteiger partial charge in [0.25, 0.3) is 11.6 Å². The fraction of sp³-hybridized carbons (Fsp3) is 0.158. The summed E-state index contributed by atoms with van der Waals surface area (Å²) < 4.78 is 6.57. The first-order chi connectivity index (χ1) is 12.8. The van der Waals surface area contributed by atoms with E-state index >= 15 is 0 Å². The SMILES string of the molecule is CN(C)C(=O)/C(C#N)=C\c1ccc(OCc2ccc([N+](=O)[O-])cc2)c(I)c1. The van der Waals surface area contributed by atoms with Crippen LogP contribution >= 0.6 is 22.6 Å². The second-order valence-corrected chi connectivity index (χ2v) is 6.93. The molecule has 0 radical (unpaired) electrons. The first-order valence-electron chi connectivity index (χ1n) is 7.81. The van der Waals surface area contributed by atoms with Gasteiger partial charge in [0.15, 0.2) is 0 Å². The van der Waals surface area contributed by atoms with E-state index in [4.69, 9.17) is 10.00 Å². The molecule has 0 N–H and O–H groups in total. The van der Waals surface area contributed by atoms with Gasteiger partial charge in [-0.05, 0) is 64.1 Å². The second kappa shape index (κ2) is 9.14. The lowest BCUT2D eigenvalue weighted by atomic mass is 10.1. The average molecular weight is 477 g/mol. The summed E-state index contributed by atoms with van der Waals surface area (Å²) in [7, 11) is 3.18. The van der Waals surface area contributed by atoms with Gasteiger partial charge in [-0.25, -0.2) is 0 Å². The first-order valence-corrected chi connectivity index (χ1v) is 8.89. The van der Waals surface area contributed by atoms with Crippen LogP contribution in [0.4, 0.5) is 5.69 Å². The normalized spacial score (nSPS) is 10.8. The highest BCUT2D eigenvalue weighted by molar-refractivity contribution is 14.1. The van der Waals surface area contributed by atoms with Crippen LogP contribution in [-0.2, 0) is 11.4 Å². The zero-order chi connectivity index (χ0) is 20.0. The van der Waals surface area contributed by atoms with Crippen molar-refractivity contribution in [3.05, 3.63) is 72.8 Å². The summed E-state index contributed by atoms with van der Waals surface area (Å²) >= 11 is 2.11. The van der Waals surface area contributed by atoms with Gasteiger partial charge in [-0.3, -0.25) is 14.9 Å². The molecule has 0 aromatic heterocycles. The van der Waals surface area contributed by atoms with Gasteiger partial charge in [0.2, 0.25) is 0 Å². The number of rotatable bonds is 6. The quantitative estimate of drug-likeness (QED) is 0.208. The summed E-state index contributed by atoms with van der Waals surface area (Å²) in [6, 6.07) is 13.4. The average Bonchev–Trinajstić information content (AvgIpc) is 2.65. The minimum Gasteiger partial charge on any atom is -0.488 e. The maximum atomic E-state index is 11.9. The Labute approximate surface area is 170 Å². The molecule has 2 aromatic carbocycles. The summed E-state index contributed by atoms with van der Waals surface area (Å²) in [6.07, 6.45) is 1.53. The van der Waals surface area contributed by atoms with E-state index in [1.54, 1.807) is 38.4 Å². The van der Waals surface area contributed by atoms with E-state index in [-0.39, 0.29) is 23.8 Å². The van der Waals surface area contributed by atoms with Gasteiger partial charge in [0.05, 0.1) is 8.49 Å². The fourth-order valence-electron chi connectivity index (χ4n) is 2.15. The summed E-state index contributed by atoms with van der Waals surface area (Å²) in [5, 5.41) is 19.8. The molecule has 1 amide bonds. The van der Waals surface area contributed by atoms with Crippen LogP contribution in [0.3, 0.4) is 0 Å². The van der Waals surface area contributed by atoms with Crippen LogP contribution < -0.4 is 4.74 Å². The van der Waals surface area contributed by atoms with Gasteiger partial charge < -0.3 is 9.64 Å². The summed E-state index contributed by atoms with van der Waals surface area (Å²) in [4.78, 5) is 23.5. The minimum absolute atomic E-state index is 0.0324. The molecule has 27 heavy (non-hydrogen) atoms. The highest BCUT2D eigenvalue weighted by atomic mass is 127. The molecule has 0 heterocycles. The molecule has 2 aromatic rings. The molecule has 0 aliphatic carbocycles. The second-order valence-electron chi connectivity index (χ2n) is 5.77. The Kier molecular flexibility index (Phi) is 6.90. The number of carbonyl (C=O) groups excluding carboxylic acids is 1. The van der Waals surface area contributed by atoms with Crippen LogP contribution in [0.5, 0.6) is 5.75 Å². The molecule has 0 aliphatic rings. The smallest absolute Gasteiger partial charge is 0.269 e. The Morgan fingerprint density at radius 3 is 2.48 bits per heavy atom. The third-order valence-corrected chi connectivity index (χ3v) is 4.41. The highest BCUT2D eigenvalue weighted by Crippen LogP contribution is 2.24. The molecule has 0 bridgehead atoms. The monoisotopic (exact) mass is 477 g/mol. The molecule has 8 heteroatoms. The largest absolute Gasteiger partial charge is 0.488 e. The van der Waals surface area contributed by atoms with Gasteiger partial charge in [-0.15, -0.1) is 0 Å². The fourth-order valence-corrected chi connectivity index (χ4v) is 2.84. The van der Waals surface area contributed by atoms with Crippen molar-refractivity contribution in [2.75, 3.05) is 14.1 Å². The van der Waals surface area contributed by atoms with Crippen LogP contribution in [-0.4, -0.2) is 29.8 Å². The number of non-ortho nitro benzene ring substituents is 1. The number of ether oxygens (including phenoxy) is 1. The number of carbonyl (C=O) groups is 1. The Bertz CT molecular complexity index is 931. The Hall–Kier alpha value is -2.93. The zero-order valence-corrected chi connectivity index (χ0v) is 16.8. The predicted octanol–water partition coefficient (Wildman–Crippen LogP) is 3.77. The van der Waals surface area contributed by atoms with Gasteiger partial charge in [0.1, 0.15) is 24.0 Å². The first kappa shape index (κ1) is 20.4. The molecule has 138 valence electrons. The summed E-state index contributed by atoms with van der Waals surface area (Å²) in [5.74, 6) is 0.287. The summed E-state index contributed by atoms with van der Waals surface area (Å²) in [5.41, 5.74) is 1.61. The number of nitrogens with zero attached hydrogens (tertiary/aromatic N) is 3. The van der Waals surface area contributed by atoms with Crippen LogP contribution in [0.2, 0.25) is 0 Å². The lowest BCUT2D eigenvalue weighted by molar-refractivity contribution is -0.384. The third kappa shape index (κ3) is 5.52. The number of hydrogen-bond donors (Lipinski definition) is 0. The van der Waals surface area contributed by atoms with Crippen molar-refractivity contribution in [3.8, 4) is 11.8 Å². The van der Waals surface area contributed by atoms with E-state index in [0.29, 0.717) is 11.3 Å². The van der Waals surface area contributed by atoms with E-state index in [1.165, 1.54) is 23.1 Å². The van der Waals surface area contributed by atoms with E-state index < -0.39 is 4.92 Å². The molecule has 0 saturated heterocycles. The maximum Gasteiger partial charge on any atom is 0.269 e. The number of hydrogen-bond acceptors (Lipinski definition) is 5. The topological polar surface area (TPSA) is 96.5 Å². The van der Waals surface area contributed by atoms with Crippen molar-refractivity contribution < 1.29 is 14.5 Å². The van der Waals surface area contributed by atoms with Gasteiger partial charge in [-0.2, -0.15) is 5.26 Å². The van der Waals surface area contributed by atoms with Gasteiger partial charge >= 0.3 is 0 Å². The molecule has 0 unspecified atom stereocenters. The lowest BCUT2D eigenvalue weighted by Crippen LogP contribution is -2.22. The van der Waals surface area contributed by atoms with Crippen molar-refractivity contribution in [1.29, 1.82) is 5.26 Å². The number of nitro groups is 1. The molecule has 0 saturated carbocycles. The van der Waals surface area contributed by atoms with Crippen LogP contribution in [0, 0.1) is 25.0 Å². The van der Waals surface area contributed by atoms with E-state index in [9.17, 15) is 14.9 Å². The zero-order valence-electron chi connectivity index (χ0n) is 14.7. The number of likely N-dealkylation sites (N-methyl/N-ethyl adjacent to an activating group) is 1. The van der Waals surface area contributed by atoms with Crippen molar-refractivity contribution in [1.82, 2.24) is 4.90 Å². The van der Waals surface area contributed by atoms with Crippen molar-refractivity contribution in [2.45, 2.75) is 6.61 Å². The van der Waals surface area contributed by atoms with Crippen molar-refractivity contribution in [2.24, 2.45) is 0 Å². The van der Waals surface area contributed by atoms with Crippen LogP contribution in [0.25, 0.3) is 6.08 Å². The molecule has 0 spiro atoms. The Morgan fingerprint density at radius 2 is 1.96 bits per heavy atom. The van der Waals surface area contributed by atoms with Crippen LogP contribution in [0.1, 0.15) is 11.1 Å².